The number of rotatable bonds is 12. The normalized spacial score (nSPS) is 13.2. The maximum Gasteiger partial charge on any atom is 0.422 e. The highest BCUT2D eigenvalue weighted by Gasteiger charge is 2.29. The zero-order valence-corrected chi connectivity index (χ0v) is 27.6. The van der Waals surface area contributed by atoms with E-state index in [9.17, 15) is 13.2 Å². The first-order chi connectivity index (χ1) is 22.9. The van der Waals surface area contributed by atoms with E-state index in [1.54, 1.807) is 24.7 Å². The third-order valence-corrected chi connectivity index (χ3v) is 7.82. The molecule has 1 unspecified atom stereocenters. The summed E-state index contributed by atoms with van der Waals surface area (Å²) in [5, 5.41) is 7.06. The molecule has 252 valence electrons. The predicted molar refractivity (Wildman–Crippen MR) is 184 cm³/mol. The molecular formula is C35H38F4N8O. The van der Waals surface area contributed by atoms with Crippen LogP contribution in [0.3, 0.4) is 0 Å². The van der Waals surface area contributed by atoms with Crippen molar-refractivity contribution < 1.29 is 22.3 Å². The average molecular weight is 663 g/mol. The number of allylic oxidation sites excluding steroid dienone is 4. The van der Waals surface area contributed by atoms with Crippen LogP contribution >= 0.6 is 0 Å². The van der Waals surface area contributed by atoms with E-state index >= 15 is 4.39 Å². The first kappa shape index (κ1) is 34.1. The molecule has 48 heavy (non-hydrogen) atoms. The van der Waals surface area contributed by atoms with E-state index in [0.29, 0.717) is 39.1 Å². The number of ether oxygens (including phenoxy) is 1. The van der Waals surface area contributed by atoms with Gasteiger partial charge in [-0.3, -0.25) is 9.97 Å². The molecule has 0 saturated heterocycles. The number of anilines is 5. The van der Waals surface area contributed by atoms with Crippen molar-refractivity contribution >= 4 is 56.5 Å². The molecule has 3 N–H and O–H groups in total. The molecule has 1 atom stereocenters. The molecule has 0 fully saturated rings. The van der Waals surface area contributed by atoms with Crippen molar-refractivity contribution in [1.29, 1.82) is 0 Å². The third-order valence-electron chi connectivity index (χ3n) is 7.82. The molecule has 9 nitrogen and oxygen atoms in total. The van der Waals surface area contributed by atoms with Crippen molar-refractivity contribution in [1.82, 2.24) is 24.9 Å². The molecule has 13 heteroatoms. The van der Waals surface area contributed by atoms with E-state index in [4.69, 9.17) is 9.72 Å². The Morgan fingerprint density at radius 3 is 2.52 bits per heavy atom. The Bertz CT molecular complexity index is 1980. The lowest BCUT2D eigenvalue weighted by Gasteiger charge is -2.20. The largest absolute Gasteiger partial charge is 0.482 e. The van der Waals surface area contributed by atoms with Crippen molar-refractivity contribution in [2.24, 2.45) is 5.92 Å². The lowest BCUT2D eigenvalue weighted by molar-refractivity contribution is -0.153. The molecule has 5 aromatic rings. The van der Waals surface area contributed by atoms with Crippen LogP contribution in [0.1, 0.15) is 46.1 Å². The minimum absolute atomic E-state index is 0.0431. The maximum atomic E-state index is 15.7. The Hall–Kier alpha value is -5.20. The monoisotopic (exact) mass is 662 g/mol. The number of halogens is 4. The van der Waals surface area contributed by atoms with Gasteiger partial charge >= 0.3 is 6.18 Å². The maximum absolute atomic E-state index is 15.7. The Kier molecular flexibility index (Phi) is 10.2. The smallest absolute Gasteiger partial charge is 0.422 e. The van der Waals surface area contributed by atoms with E-state index in [1.807, 2.05) is 71.0 Å². The van der Waals surface area contributed by atoms with Crippen LogP contribution in [-0.4, -0.2) is 51.8 Å². The van der Waals surface area contributed by atoms with Gasteiger partial charge < -0.3 is 25.3 Å². The number of nitrogens with zero attached hydrogens (tertiary/aromatic N) is 5. The molecule has 0 aliphatic carbocycles. The van der Waals surface area contributed by atoms with E-state index in [2.05, 4.69) is 30.6 Å². The van der Waals surface area contributed by atoms with Gasteiger partial charge in [-0.05, 0) is 49.1 Å². The fraction of sp³-hybridized carbons (Fsp3) is 0.314. The van der Waals surface area contributed by atoms with Gasteiger partial charge in [-0.15, -0.1) is 0 Å². The van der Waals surface area contributed by atoms with Crippen molar-refractivity contribution in [3.8, 4) is 5.75 Å². The van der Waals surface area contributed by atoms with Gasteiger partial charge in [0.25, 0.3) is 0 Å². The fourth-order valence-corrected chi connectivity index (χ4v) is 5.08. The van der Waals surface area contributed by atoms with Crippen LogP contribution in [0, 0.1) is 11.7 Å². The molecule has 0 aliphatic rings. The van der Waals surface area contributed by atoms with Crippen LogP contribution in [0.25, 0.3) is 27.6 Å². The van der Waals surface area contributed by atoms with Crippen LogP contribution in [0.4, 0.5) is 46.4 Å². The number of alkyl halides is 3. The number of aromatic amines is 1. The van der Waals surface area contributed by atoms with Gasteiger partial charge in [-0.1, -0.05) is 44.9 Å². The third kappa shape index (κ3) is 7.84. The topological polar surface area (TPSA) is 104 Å². The number of benzene rings is 2. The van der Waals surface area contributed by atoms with Crippen LogP contribution < -0.4 is 20.3 Å². The predicted octanol–water partition coefficient (Wildman–Crippen LogP) is 9.32. The summed E-state index contributed by atoms with van der Waals surface area (Å²) in [7, 11) is 3.78. The highest BCUT2D eigenvalue weighted by molar-refractivity contribution is 5.99. The molecule has 3 heterocycles. The summed E-state index contributed by atoms with van der Waals surface area (Å²) in [6.07, 6.45) is 5.72. The van der Waals surface area contributed by atoms with Gasteiger partial charge in [0.2, 0.25) is 5.95 Å². The van der Waals surface area contributed by atoms with E-state index in [0.717, 1.165) is 30.2 Å². The Morgan fingerprint density at radius 2 is 1.81 bits per heavy atom. The second-order valence-corrected chi connectivity index (χ2v) is 11.7. The summed E-state index contributed by atoms with van der Waals surface area (Å²) in [6, 6.07) is 7.92. The van der Waals surface area contributed by atoms with Crippen LogP contribution in [0.15, 0.2) is 66.6 Å². The fourth-order valence-electron chi connectivity index (χ4n) is 5.08. The molecule has 0 bridgehead atoms. The zero-order chi connectivity index (χ0) is 34.6. The average Bonchev–Trinajstić information content (AvgIpc) is 3.52. The molecule has 0 spiro atoms. The Balaban J connectivity index is 1.62. The molecule has 5 rings (SSSR count). The van der Waals surface area contributed by atoms with E-state index in [-0.39, 0.29) is 28.9 Å². The van der Waals surface area contributed by atoms with E-state index in [1.165, 1.54) is 6.07 Å². The number of fused-ring (bicyclic) bond motifs is 2. The molecule has 0 aliphatic heterocycles. The van der Waals surface area contributed by atoms with Gasteiger partial charge in [0.05, 0.1) is 28.0 Å². The van der Waals surface area contributed by atoms with Crippen LogP contribution in [0.5, 0.6) is 5.75 Å². The second kappa shape index (κ2) is 14.3. The molecule has 0 amide bonds. The van der Waals surface area contributed by atoms with Crippen molar-refractivity contribution in [2.75, 3.05) is 36.2 Å². The highest BCUT2D eigenvalue weighted by Crippen LogP contribution is 2.38. The minimum Gasteiger partial charge on any atom is -0.482 e. The number of hydrogen-bond acceptors (Lipinski definition) is 8. The number of aromatic nitrogens is 5. The molecule has 0 radical (unpaired) electrons. The molecule has 0 saturated carbocycles. The standard InChI is InChI=1S/C35H38F4N8O/c1-7-20(3)15-22(16-21(4)8-2)24-17-28(29(18-25(24)36)48-19-35(37,38)39)44-34-45-32-23(11-12-42-32)33(46-34)43-27-10-9-26-30(31(27)47(5)6)41-14-13-40-26/h9-18,20H,7-8,19H2,1-6H3,(H3,42,43,44,45,46)/b21-16+,22-15+. The van der Waals surface area contributed by atoms with Crippen molar-refractivity contribution in [3.05, 3.63) is 78.0 Å². The lowest BCUT2D eigenvalue weighted by Crippen LogP contribution is -2.20. The highest BCUT2D eigenvalue weighted by atomic mass is 19.4. The Labute approximate surface area is 276 Å². The number of nitrogens with one attached hydrogen (secondary N) is 3. The quantitative estimate of drug-likeness (QED) is 0.0897. The van der Waals surface area contributed by atoms with Crippen molar-refractivity contribution in [2.45, 2.75) is 46.7 Å². The summed E-state index contributed by atoms with van der Waals surface area (Å²) >= 11 is 0. The summed E-state index contributed by atoms with van der Waals surface area (Å²) < 4.78 is 60.6. The second-order valence-electron chi connectivity index (χ2n) is 11.7. The SMILES string of the molecule is CC/C(C)=C/C(=C\C(C)CC)c1cc(Nc2nc(Nc3ccc4nccnc4c3N(C)C)c3cc[nH]c3n2)c(OCC(F)(F)F)cc1F. The summed E-state index contributed by atoms with van der Waals surface area (Å²) in [6.45, 7) is 6.38. The number of H-pyrrole nitrogens is 1. The summed E-state index contributed by atoms with van der Waals surface area (Å²) in [5.74, 6) is -0.472. The van der Waals surface area contributed by atoms with Gasteiger partial charge in [0, 0.05) is 44.3 Å². The molecular weight excluding hydrogens is 624 g/mol. The minimum atomic E-state index is -4.64. The zero-order valence-electron chi connectivity index (χ0n) is 27.6. The van der Waals surface area contributed by atoms with Gasteiger partial charge in [-0.25, -0.2) is 4.39 Å². The van der Waals surface area contributed by atoms with Crippen LogP contribution in [0.2, 0.25) is 0 Å². The Morgan fingerprint density at radius 1 is 1.04 bits per heavy atom. The van der Waals surface area contributed by atoms with Gasteiger partial charge in [0.15, 0.2) is 6.61 Å². The van der Waals surface area contributed by atoms with Crippen molar-refractivity contribution in [3.63, 3.8) is 0 Å². The van der Waals surface area contributed by atoms with Gasteiger partial charge in [-0.2, -0.15) is 23.1 Å². The number of hydrogen-bond donors (Lipinski definition) is 3. The molecule has 3 aromatic heterocycles. The first-order valence-electron chi connectivity index (χ1n) is 15.6. The summed E-state index contributed by atoms with van der Waals surface area (Å²) in [4.78, 5) is 23.2. The van der Waals surface area contributed by atoms with Gasteiger partial charge in [0.1, 0.15) is 28.5 Å². The lowest BCUT2D eigenvalue weighted by atomic mass is 9.96. The molecule has 2 aromatic carbocycles. The summed E-state index contributed by atoms with van der Waals surface area (Å²) in [5.41, 5.74) is 5.24. The van der Waals surface area contributed by atoms with Crippen LogP contribution in [-0.2, 0) is 0 Å². The van der Waals surface area contributed by atoms with E-state index < -0.39 is 18.6 Å². The first-order valence-corrected chi connectivity index (χ1v) is 15.6.